The molecule has 1 unspecified atom stereocenters. The topological polar surface area (TPSA) is 90.4 Å². The molecule has 0 aliphatic carbocycles. The van der Waals surface area contributed by atoms with Crippen LogP contribution in [0.1, 0.15) is 6.92 Å². The molecule has 1 rings (SSSR count). The van der Waals surface area contributed by atoms with Gasteiger partial charge in [-0.05, 0) is 19.1 Å². The summed E-state index contributed by atoms with van der Waals surface area (Å²) >= 11 is 0. The zero-order chi connectivity index (χ0) is 11.4. The molecular weight excluding hydrogens is 194 g/mol. The molecule has 0 aromatic heterocycles. The summed E-state index contributed by atoms with van der Waals surface area (Å²) in [5.74, 6) is 0.133. The van der Waals surface area contributed by atoms with Crippen LogP contribution in [-0.2, 0) is 4.79 Å². The standard InChI is InChI=1S/C10H15N3O2/c1-6(10(12)14)13-7-4-3-5-8(15-2)9(7)11/h3-6,13H,11H2,1-2H3,(H2,12,14). The van der Waals surface area contributed by atoms with Gasteiger partial charge < -0.3 is 21.5 Å². The Labute approximate surface area is 88.4 Å². The molecule has 0 saturated carbocycles. The van der Waals surface area contributed by atoms with E-state index in [-0.39, 0.29) is 0 Å². The van der Waals surface area contributed by atoms with Crippen LogP contribution in [0.25, 0.3) is 0 Å². The first-order valence-corrected chi connectivity index (χ1v) is 4.54. The number of benzene rings is 1. The molecule has 0 bridgehead atoms. The molecule has 0 aliphatic rings. The molecule has 0 radical (unpaired) electrons. The van der Waals surface area contributed by atoms with E-state index in [1.807, 2.05) is 0 Å². The van der Waals surface area contributed by atoms with E-state index in [1.54, 1.807) is 25.1 Å². The number of amides is 1. The fourth-order valence-electron chi connectivity index (χ4n) is 1.15. The summed E-state index contributed by atoms with van der Waals surface area (Å²) in [5, 5.41) is 2.90. The molecule has 1 aromatic carbocycles. The van der Waals surface area contributed by atoms with Gasteiger partial charge in [-0.25, -0.2) is 0 Å². The average Bonchev–Trinajstić information content (AvgIpc) is 2.21. The van der Waals surface area contributed by atoms with E-state index in [9.17, 15) is 4.79 Å². The molecule has 15 heavy (non-hydrogen) atoms. The first-order valence-electron chi connectivity index (χ1n) is 4.54. The van der Waals surface area contributed by atoms with Crippen LogP contribution in [-0.4, -0.2) is 19.1 Å². The Balaban J connectivity index is 2.90. The van der Waals surface area contributed by atoms with Gasteiger partial charge in [0.05, 0.1) is 18.5 Å². The average molecular weight is 209 g/mol. The highest BCUT2D eigenvalue weighted by atomic mass is 16.5. The van der Waals surface area contributed by atoms with Crippen molar-refractivity contribution in [3.05, 3.63) is 18.2 Å². The number of nitrogen functional groups attached to an aromatic ring is 1. The third-order valence-corrected chi connectivity index (χ3v) is 2.08. The molecular formula is C10H15N3O2. The summed E-state index contributed by atoms with van der Waals surface area (Å²) in [6, 6.07) is 4.82. The minimum absolute atomic E-state index is 0.433. The van der Waals surface area contributed by atoms with Crippen LogP contribution < -0.4 is 21.5 Å². The zero-order valence-corrected chi connectivity index (χ0v) is 8.78. The zero-order valence-electron chi connectivity index (χ0n) is 8.78. The summed E-state index contributed by atoms with van der Waals surface area (Å²) in [4.78, 5) is 10.9. The van der Waals surface area contributed by atoms with Crippen molar-refractivity contribution in [2.24, 2.45) is 5.73 Å². The minimum atomic E-state index is -0.473. The monoisotopic (exact) mass is 209 g/mol. The minimum Gasteiger partial charge on any atom is -0.495 e. The number of hydrogen-bond donors (Lipinski definition) is 3. The number of nitrogens with two attached hydrogens (primary N) is 2. The molecule has 0 heterocycles. The maximum Gasteiger partial charge on any atom is 0.239 e. The third kappa shape index (κ3) is 2.52. The Kier molecular flexibility index (Phi) is 3.38. The van der Waals surface area contributed by atoms with Crippen molar-refractivity contribution in [1.29, 1.82) is 0 Å². The predicted octanol–water partition coefficient (Wildman–Crippen LogP) is 0.563. The molecule has 0 fully saturated rings. The maximum atomic E-state index is 10.9. The van der Waals surface area contributed by atoms with Crippen LogP contribution in [0.4, 0.5) is 11.4 Å². The highest BCUT2D eigenvalue weighted by Crippen LogP contribution is 2.29. The van der Waals surface area contributed by atoms with E-state index in [4.69, 9.17) is 16.2 Å². The lowest BCUT2D eigenvalue weighted by atomic mass is 10.2. The van der Waals surface area contributed by atoms with E-state index in [1.165, 1.54) is 7.11 Å². The molecule has 0 saturated heterocycles. The smallest absolute Gasteiger partial charge is 0.239 e. The lowest BCUT2D eigenvalue weighted by Crippen LogP contribution is -2.32. The number of ether oxygens (including phenoxy) is 1. The van der Waals surface area contributed by atoms with Crippen LogP contribution in [0.2, 0.25) is 0 Å². The second-order valence-electron chi connectivity index (χ2n) is 3.19. The van der Waals surface area contributed by atoms with Gasteiger partial charge in [-0.15, -0.1) is 0 Å². The number of anilines is 2. The molecule has 0 aliphatic heterocycles. The van der Waals surface area contributed by atoms with Crippen LogP contribution in [0.15, 0.2) is 18.2 Å². The summed E-state index contributed by atoms with van der Waals surface area (Å²) in [6.07, 6.45) is 0. The number of hydrogen-bond acceptors (Lipinski definition) is 4. The Morgan fingerprint density at radius 3 is 2.73 bits per heavy atom. The van der Waals surface area contributed by atoms with E-state index in [2.05, 4.69) is 5.32 Å². The van der Waals surface area contributed by atoms with Crippen molar-refractivity contribution in [1.82, 2.24) is 0 Å². The van der Waals surface area contributed by atoms with Crippen molar-refractivity contribution in [3.63, 3.8) is 0 Å². The fourth-order valence-corrected chi connectivity index (χ4v) is 1.15. The van der Waals surface area contributed by atoms with E-state index in [0.717, 1.165) is 0 Å². The van der Waals surface area contributed by atoms with Gasteiger partial charge in [-0.2, -0.15) is 0 Å². The molecule has 82 valence electrons. The summed E-state index contributed by atoms with van der Waals surface area (Å²) in [7, 11) is 1.53. The van der Waals surface area contributed by atoms with Gasteiger partial charge in [-0.1, -0.05) is 6.07 Å². The predicted molar refractivity (Wildman–Crippen MR) is 59.7 cm³/mol. The Bertz CT molecular complexity index is 366. The SMILES string of the molecule is COc1cccc(NC(C)C(N)=O)c1N. The number of rotatable bonds is 4. The van der Waals surface area contributed by atoms with Crippen LogP contribution >= 0.6 is 0 Å². The number of carbonyl (C=O) groups is 1. The molecule has 1 atom stereocenters. The van der Waals surface area contributed by atoms with Crippen molar-refractivity contribution in [2.75, 3.05) is 18.2 Å². The first-order chi connectivity index (χ1) is 7.06. The molecule has 5 nitrogen and oxygen atoms in total. The van der Waals surface area contributed by atoms with Gasteiger partial charge in [0.15, 0.2) is 0 Å². The second kappa shape index (κ2) is 4.54. The molecule has 0 spiro atoms. The van der Waals surface area contributed by atoms with Gasteiger partial charge in [0.25, 0.3) is 0 Å². The molecule has 1 amide bonds. The summed E-state index contributed by atoms with van der Waals surface area (Å²) in [5.41, 5.74) is 12.0. The normalized spacial score (nSPS) is 11.9. The van der Waals surface area contributed by atoms with Crippen LogP contribution in [0.3, 0.4) is 0 Å². The third-order valence-electron chi connectivity index (χ3n) is 2.08. The lowest BCUT2D eigenvalue weighted by Gasteiger charge is -2.15. The Hall–Kier alpha value is -1.91. The van der Waals surface area contributed by atoms with E-state index >= 15 is 0 Å². The molecule has 5 heteroatoms. The second-order valence-corrected chi connectivity index (χ2v) is 3.19. The van der Waals surface area contributed by atoms with Gasteiger partial charge in [0.1, 0.15) is 11.8 Å². The van der Waals surface area contributed by atoms with Gasteiger partial charge >= 0.3 is 0 Å². The van der Waals surface area contributed by atoms with Gasteiger partial charge in [0, 0.05) is 0 Å². The van der Waals surface area contributed by atoms with Crippen molar-refractivity contribution in [3.8, 4) is 5.75 Å². The molecule has 5 N–H and O–H groups in total. The van der Waals surface area contributed by atoms with Gasteiger partial charge in [0.2, 0.25) is 5.91 Å². The largest absolute Gasteiger partial charge is 0.495 e. The highest BCUT2D eigenvalue weighted by molar-refractivity contribution is 5.84. The van der Waals surface area contributed by atoms with E-state index in [0.29, 0.717) is 17.1 Å². The Morgan fingerprint density at radius 2 is 2.20 bits per heavy atom. The van der Waals surface area contributed by atoms with Crippen molar-refractivity contribution < 1.29 is 9.53 Å². The van der Waals surface area contributed by atoms with Crippen molar-refractivity contribution in [2.45, 2.75) is 13.0 Å². The van der Waals surface area contributed by atoms with E-state index < -0.39 is 11.9 Å². The number of carbonyl (C=O) groups excluding carboxylic acids is 1. The fraction of sp³-hybridized carbons (Fsp3) is 0.300. The quantitative estimate of drug-likeness (QED) is 0.632. The number of para-hydroxylation sites is 1. The first kappa shape index (κ1) is 11.2. The summed E-state index contributed by atoms with van der Waals surface area (Å²) < 4.78 is 5.05. The Morgan fingerprint density at radius 1 is 1.53 bits per heavy atom. The number of nitrogens with one attached hydrogen (secondary N) is 1. The number of methoxy groups -OCH3 is 1. The number of primary amides is 1. The van der Waals surface area contributed by atoms with Crippen molar-refractivity contribution >= 4 is 17.3 Å². The van der Waals surface area contributed by atoms with Gasteiger partial charge in [-0.3, -0.25) is 4.79 Å². The van der Waals surface area contributed by atoms with Crippen LogP contribution in [0, 0.1) is 0 Å². The molecule has 1 aromatic rings. The maximum absolute atomic E-state index is 10.9. The highest BCUT2D eigenvalue weighted by Gasteiger charge is 2.11. The lowest BCUT2D eigenvalue weighted by molar-refractivity contribution is -0.118. The van der Waals surface area contributed by atoms with Crippen LogP contribution in [0.5, 0.6) is 5.75 Å². The summed E-state index contributed by atoms with van der Waals surface area (Å²) in [6.45, 7) is 1.67.